The quantitative estimate of drug-likeness (QED) is 0.863. The van der Waals surface area contributed by atoms with Gasteiger partial charge in [-0.1, -0.05) is 18.2 Å². The maximum absolute atomic E-state index is 12.8. The summed E-state index contributed by atoms with van der Waals surface area (Å²) >= 11 is 0. The zero-order chi connectivity index (χ0) is 14.3. The summed E-state index contributed by atoms with van der Waals surface area (Å²) in [5.74, 6) is 0.160. The Hall–Kier alpha value is -1.81. The largest absolute Gasteiger partial charge is 0.358 e. The second-order valence-electron chi connectivity index (χ2n) is 5.72. The number of likely N-dealkylation sites (N-methyl/N-ethyl adjacent to an activating group) is 1. The Balaban J connectivity index is 1.99. The van der Waals surface area contributed by atoms with Crippen LogP contribution in [0.15, 0.2) is 18.2 Å². The van der Waals surface area contributed by atoms with Crippen LogP contribution in [0.3, 0.4) is 0 Å². The Morgan fingerprint density at radius 2 is 1.85 bits per heavy atom. The highest BCUT2D eigenvalue weighted by atomic mass is 16.2. The number of nitrogens with one attached hydrogen (secondary N) is 1. The van der Waals surface area contributed by atoms with Crippen molar-refractivity contribution >= 4 is 16.8 Å². The van der Waals surface area contributed by atoms with Crippen LogP contribution in [0.2, 0.25) is 0 Å². The van der Waals surface area contributed by atoms with E-state index in [2.05, 4.69) is 29.9 Å². The van der Waals surface area contributed by atoms with E-state index >= 15 is 0 Å². The van der Waals surface area contributed by atoms with Gasteiger partial charge in [0, 0.05) is 42.8 Å². The molecule has 0 unspecified atom stereocenters. The van der Waals surface area contributed by atoms with Gasteiger partial charge in [0.15, 0.2) is 0 Å². The van der Waals surface area contributed by atoms with Crippen LogP contribution in [0.5, 0.6) is 0 Å². The first-order valence-corrected chi connectivity index (χ1v) is 7.13. The first-order valence-electron chi connectivity index (χ1n) is 7.13. The van der Waals surface area contributed by atoms with Gasteiger partial charge >= 0.3 is 0 Å². The smallest absolute Gasteiger partial charge is 0.256 e. The van der Waals surface area contributed by atoms with E-state index in [9.17, 15) is 4.79 Å². The van der Waals surface area contributed by atoms with Crippen molar-refractivity contribution in [1.29, 1.82) is 0 Å². The molecule has 1 fully saturated rings. The lowest BCUT2D eigenvalue weighted by molar-refractivity contribution is 0.0665. The van der Waals surface area contributed by atoms with Crippen molar-refractivity contribution in [2.45, 2.75) is 13.8 Å². The fourth-order valence-electron chi connectivity index (χ4n) is 2.94. The van der Waals surface area contributed by atoms with Gasteiger partial charge in [-0.25, -0.2) is 0 Å². The van der Waals surface area contributed by atoms with Crippen molar-refractivity contribution in [2.75, 3.05) is 33.2 Å². The molecule has 20 heavy (non-hydrogen) atoms. The molecule has 4 heteroatoms. The number of piperazine rings is 1. The summed E-state index contributed by atoms with van der Waals surface area (Å²) in [6.07, 6.45) is 0. The molecule has 0 spiro atoms. The molecule has 1 aromatic heterocycles. The zero-order valence-electron chi connectivity index (χ0n) is 12.4. The van der Waals surface area contributed by atoms with Crippen LogP contribution in [-0.2, 0) is 0 Å². The third-order valence-corrected chi connectivity index (χ3v) is 4.23. The number of carbonyl (C=O) groups is 1. The predicted molar refractivity (Wildman–Crippen MR) is 81.2 cm³/mol. The van der Waals surface area contributed by atoms with Crippen molar-refractivity contribution in [1.82, 2.24) is 14.8 Å². The fraction of sp³-hybridized carbons (Fsp3) is 0.438. The Kier molecular flexibility index (Phi) is 3.26. The fourth-order valence-corrected chi connectivity index (χ4v) is 2.94. The van der Waals surface area contributed by atoms with E-state index in [4.69, 9.17) is 0 Å². The summed E-state index contributed by atoms with van der Waals surface area (Å²) in [5.41, 5.74) is 4.08. The highest BCUT2D eigenvalue weighted by Crippen LogP contribution is 2.26. The number of benzene rings is 1. The molecule has 1 N–H and O–H groups in total. The minimum absolute atomic E-state index is 0.160. The number of para-hydroxylation sites is 1. The maximum Gasteiger partial charge on any atom is 0.256 e. The summed E-state index contributed by atoms with van der Waals surface area (Å²) in [5, 5.41) is 1.05. The second-order valence-corrected chi connectivity index (χ2v) is 5.72. The zero-order valence-corrected chi connectivity index (χ0v) is 12.4. The summed E-state index contributed by atoms with van der Waals surface area (Å²) in [7, 11) is 2.10. The number of fused-ring (bicyclic) bond motifs is 1. The van der Waals surface area contributed by atoms with Gasteiger partial charge in [0.25, 0.3) is 5.91 Å². The lowest BCUT2D eigenvalue weighted by Gasteiger charge is -2.32. The minimum atomic E-state index is 0.160. The highest BCUT2D eigenvalue weighted by Gasteiger charge is 2.24. The van der Waals surface area contributed by atoms with Crippen LogP contribution < -0.4 is 0 Å². The molecule has 2 aromatic rings. The molecular formula is C16H21N3O. The second kappa shape index (κ2) is 4.94. The van der Waals surface area contributed by atoms with Gasteiger partial charge in [0.05, 0.1) is 5.56 Å². The van der Waals surface area contributed by atoms with Gasteiger partial charge < -0.3 is 14.8 Å². The predicted octanol–water partition coefficient (Wildman–Crippen LogP) is 2.17. The summed E-state index contributed by atoms with van der Waals surface area (Å²) in [6.45, 7) is 7.59. The molecular weight excluding hydrogens is 250 g/mol. The number of amides is 1. The molecule has 1 aromatic carbocycles. The van der Waals surface area contributed by atoms with E-state index < -0.39 is 0 Å². The number of aromatic amines is 1. The van der Waals surface area contributed by atoms with Crippen LogP contribution in [0.25, 0.3) is 10.9 Å². The molecule has 4 nitrogen and oxygen atoms in total. The molecule has 1 amide bonds. The third-order valence-electron chi connectivity index (χ3n) is 4.23. The third kappa shape index (κ3) is 2.10. The van der Waals surface area contributed by atoms with E-state index in [1.54, 1.807) is 0 Å². The van der Waals surface area contributed by atoms with Gasteiger partial charge in [-0.15, -0.1) is 0 Å². The summed E-state index contributed by atoms with van der Waals surface area (Å²) in [6, 6.07) is 6.13. The van der Waals surface area contributed by atoms with Crippen molar-refractivity contribution in [3.63, 3.8) is 0 Å². The van der Waals surface area contributed by atoms with Crippen LogP contribution in [0.1, 0.15) is 21.6 Å². The average molecular weight is 271 g/mol. The number of H-pyrrole nitrogens is 1. The summed E-state index contributed by atoms with van der Waals surface area (Å²) in [4.78, 5) is 20.4. The number of carbonyl (C=O) groups excluding carboxylic acids is 1. The van der Waals surface area contributed by atoms with Crippen LogP contribution in [0, 0.1) is 13.8 Å². The van der Waals surface area contributed by atoms with Gasteiger partial charge in [-0.05, 0) is 26.5 Å². The van der Waals surface area contributed by atoms with Crippen molar-refractivity contribution in [3.05, 3.63) is 35.0 Å². The molecule has 1 aliphatic heterocycles. The first-order chi connectivity index (χ1) is 9.58. The standard InChI is InChI=1S/C16H21N3O/c1-11-5-4-6-13-14(12(2)17-15(11)13)16(20)19-9-7-18(3)8-10-19/h4-6,17H,7-10H2,1-3H3. The lowest BCUT2D eigenvalue weighted by atomic mass is 10.1. The number of aromatic nitrogens is 1. The number of hydrogen-bond acceptors (Lipinski definition) is 2. The molecule has 0 aliphatic carbocycles. The number of aryl methyl sites for hydroxylation is 2. The first kappa shape index (κ1) is 13.2. The van der Waals surface area contributed by atoms with E-state index in [0.29, 0.717) is 0 Å². The van der Waals surface area contributed by atoms with Crippen LogP contribution >= 0.6 is 0 Å². The molecule has 106 valence electrons. The Morgan fingerprint density at radius 3 is 2.55 bits per heavy atom. The van der Waals surface area contributed by atoms with Gasteiger partial charge in [0.2, 0.25) is 0 Å². The molecule has 1 aliphatic rings. The van der Waals surface area contributed by atoms with E-state index in [1.807, 2.05) is 24.0 Å². The number of rotatable bonds is 1. The van der Waals surface area contributed by atoms with Gasteiger partial charge in [-0.3, -0.25) is 4.79 Å². The normalized spacial score (nSPS) is 16.9. The molecule has 3 rings (SSSR count). The Morgan fingerprint density at radius 1 is 1.15 bits per heavy atom. The van der Waals surface area contributed by atoms with Gasteiger partial charge in [-0.2, -0.15) is 0 Å². The van der Waals surface area contributed by atoms with E-state index in [0.717, 1.165) is 48.3 Å². The lowest BCUT2D eigenvalue weighted by Crippen LogP contribution is -2.47. The topological polar surface area (TPSA) is 39.3 Å². The van der Waals surface area contributed by atoms with Crippen molar-refractivity contribution in [3.8, 4) is 0 Å². The van der Waals surface area contributed by atoms with Crippen molar-refractivity contribution < 1.29 is 4.79 Å². The maximum atomic E-state index is 12.8. The molecule has 0 saturated carbocycles. The van der Waals surface area contributed by atoms with Crippen molar-refractivity contribution in [2.24, 2.45) is 0 Å². The van der Waals surface area contributed by atoms with Crippen LogP contribution in [0.4, 0.5) is 0 Å². The monoisotopic (exact) mass is 271 g/mol. The average Bonchev–Trinajstić information content (AvgIpc) is 2.77. The Labute approximate surface area is 119 Å². The molecule has 1 saturated heterocycles. The summed E-state index contributed by atoms with van der Waals surface area (Å²) < 4.78 is 0. The van der Waals surface area contributed by atoms with E-state index in [-0.39, 0.29) is 5.91 Å². The number of hydrogen-bond donors (Lipinski definition) is 1. The SMILES string of the molecule is Cc1[nH]c2c(C)cccc2c1C(=O)N1CCN(C)CC1. The Bertz CT molecular complexity index is 651. The molecule has 0 atom stereocenters. The highest BCUT2D eigenvalue weighted by molar-refractivity contribution is 6.08. The molecule has 2 heterocycles. The minimum Gasteiger partial charge on any atom is -0.358 e. The number of nitrogens with zero attached hydrogens (tertiary/aromatic N) is 2. The molecule has 0 radical (unpaired) electrons. The van der Waals surface area contributed by atoms with E-state index in [1.165, 1.54) is 5.56 Å². The van der Waals surface area contributed by atoms with Crippen LogP contribution in [-0.4, -0.2) is 53.9 Å². The molecule has 0 bridgehead atoms. The van der Waals surface area contributed by atoms with Gasteiger partial charge in [0.1, 0.15) is 0 Å².